The lowest BCUT2D eigenvalue weighted by Gasteiger charge is -2.25. The Balaban J connectivity index is 1.59. The summed E-state index contributed by atoms with van der Waals surface area (Å²) in [5, 5.41) is 4.42. The van der Waals surface area contributed by atoms with E-state index in [1.165, 1.54) is 5.56 Å². The topological polar surface area (TPSA) is 66.8 Å². The first-order valence-corrected chi connectivity index (χ1v) is 8.93. The molecule has 1 aliphatic heterocycles. The van der Waals surface area contributed by atoms with Gasteiger partial charge in [-0.1, -0.05) is 18.2 Å². The Labute approximate surface area is 157 Å². The van der Waals surface area contributed by atoms with Crippen LogP contribution in [0.3, 0.4) is 0 Å². The van der Waals surface area contributed by atoms with Crippen LogP contribution in [-0.4, -0.2) is 26.6 Å². The molecular weight excluding hydrogens is 336 g/mol. The summed E-state index contributed by atoms with van der Waals surface area (Å²) in [6.45, 7) is 2.85. The van der Waals surface area contributed by atoms with Crippen molar-refractivity contribution in [2.75, 3.05) is 16.9 Å². The number of nitrogens with one attached hydrogen (secondary N) is 1. The van der Waals surface area contributed by atoms with E-state index in [0.29, 0.717) is 6.67 Å². The first-order valence-electron chi connectivity index (χ1n) is 8.93. The van der Waals surface area contributed by atoms with Gasteiger partial charge in [-0.25, -0.2) is 9.97 Å². The summed E-state index contributed by atoms with van der Waals surface area (Å²) in [7, 11) is 0. The van der Waals surface area contributed by atoms with Gasteiger partial charge in [-0.15, -0.1) is 0 Å². The van der Waals surface area contributed by atoms with Crippen molar-refractivity contribution in [3.05, 3.63) is 72.8 Å². The molecule has 0 radical (unpaired) electrons. The second-order valence-corrected chi connectivity index (χ2v) is 6.56. The van der Waals surface area contributed by atoms with Crippen LogP contribution in [0.4, 0.5) is 11.6 Å². The average Bonchev–Trinajstić information content (AvgIpc) is 3.16. The summed E-state index contributed by atoms with van der Waals surface area (Å²) >= 11 is 0. The van der Waals surface area contributed by atoms with Crippen LogP contribution in [-0.2, 0) is 0 Å². The number of rotatable bonds is 3. The molecular formula is C21H18N6. The summed E-state index contributed by atoms with van der Waals surface area (Å²) in [5.41, 5.74) is 4.04. The van der Waals surface area contributed by atoms with Crippen LogP contribution < -0.4 is 10.2 Å². The highest BCUT2D eigenvalue weighted by atomic mass is 15.4. The Kier molecular flexibility index (Phi) is 3.67. The van der Waals surface area contributed by atoms with Gasteiger partial charge >= 0.3 is 0 Å². The fourth-order valence-corrected chi connectivity index (χ4v) is 3.54. The molecule has 6 nitrogen and oxygen atoms in total. The maximum absolute atomic E-state index is 4.96. The third-order valence-corrected chi connectivity index (χ3v) is 5.02. The molecule has 1 N–H and O–H groups in total. The largest absolute Gasteiger partial charge is 0.349 e. The first-order chi connectivity index (χ1) is 13.3. The second kappa shape index (κ2) is 6.32. The number of hydrogen-bond donors (Lipinski definition) is 1. The highest BCUT2D eigenvalue weighted by Crippen LogP contribution is 2.36. The van der Waals surface area contributed by atoms with Crippen molar-refractivity contribution in [2.45, 2.75) is 13.0 Å². The molecule has 0 bridgehead atoms. The van der Waals surface area contributed by atoms with E-state index in [1.807, 2.05) is 55.1 Å². The van der Waals surface area contributed by atoms with Crippen LogP contribution >= 0.6 is 0 Å². The SMILES string of the molecule is CC(c1ccncc1)N1CNc2ncc(-c3cccc4ncccc34)nc21. The number of benzene rings is 1. The molecule has 0 amide bonds. The number of hydrogen-bond acceptors (Lipinski definition) is 6. The zero-order valence-electron chi connectivity index (χ0n) is 14.9. The summed E-state index contributed by atoms with van der Waals surface area (Å²) in [6.07, 6.45) is 7.28. The summed E-state index contributed by atoms with van der Waals surface area (Å²) < 4.78 is 0. The molecule has 0 aliphatic carbocycles. The molecule has 4 aromatic rings. The minimum Gasteiger partial charge on any atom is -0.349 e. The van der Waals surface area contributed by atoms with E-state index in [-0.39, 0.29) is 6.04 Å². The van der Waals surface area contributed by atoms with Crippen LogP contribution in [0.1, 0.15) is 18.5 Å². The van der Waals surface area contributed by atoms with Crippen molar-refractivity contribution in [1.29, 1.82) is 0 Å². The molecule has 6 heteroatoms. The van der Waals surface area contributed by atoms with Gasteiger partial charge in [-0.2, -0.15) is 0 Å². The van der Waals surface area contributed by atoms with E-state index >= 15 is 0 Å². The van der Waals surface area contributed by atoms with Crippen LogP contribution in [0.5, 0.6) is 0 Å². The molecule has 4 heterocycles. The number of fused-ring (bicyclic) bond motifs is 2. The van der Waals surface area contributed by atoms with Gasteiger partial charge in [-0.05, 0) is 36.8 Å². The predicted octanol–water partition coefficient (Wildman–Crippen LogP) is 4.04. The van der Waals surface area contributed by atoms with Crippen molar-refractivity contribution in [3.8, 4) is 11.3 Å². The fourth-order valence-electron chi connectivity index (χ4n) is 3.54. The minimum atomic E-state index is 0.167. The molecule has 5 rings (SSSR count). The lowest BCUT2D eigenvalue weighted by Crippen LogP contribution is -2.27. The van der Waals surface area contributed by atoms with Crippen molar-refractivity contribution in [1.82, 2.24) is 19.9 Å². The van der Waals surface area contributed by atoms with Gasteiger partial charge in [0.25, 0.3) is 0 Å². The monoisotopic (exact) mass is 354 g/mol. The van der Waals surface area contributed by atoms with Crippen LogP contribution in [0.15, 0.2) is 67.3 Å². The molecule has 3 aromatic heterocycles. The third-order valence-electron chi connectivity index (χ3n) is 5.02. The zero-order chi connectivity index (χ0) is 18.2. The van der Waals surface area contributed by atoms with E-state index in [1.54, 1.807) is 0 Å². The predicted molar refractivity (Wildman–Crippen MR) is 106 cm³/mol. The molecule has 1 unspecified atom stereocenters. The van der Waals surface area contributed by atoms with Crippen molar-refractivity contribution in [3.63, 3.8) is 0 Å². The van der Waals surface area contributed by atoms with Gasteiger partial charge in [0, 0.05) is 29.5 Å². The second-order valence-electron chi connectivity index (χ2n) is 6.56. The number of pyridine rings is 2. The van der Waals surface area contributed by atoms with Gasteiger partial charge in [0.1, 0.15) is 0 Å². The van der Waals surface area contributed by atoms with Gasteiger partial charge in [0.05, 0.1) is 30.1 Å². The molecule has 27 heavy (non-hydrogen) atoms. The molecule has 0 saturated carbocycles. The summed E-state index contributed by atoms with van der Waals surface area (Å²) in [6, 6.07) is 14.4. The lowest BCUT2D eigenvalue weighted by atomic mass is 10.1. The molecule has 0 saturated heterocycles. The molecule has 0 fully saturated rings. The molecule has 132 valence electrons. The maximum Gasteiger partial charge on any atom is 0.174 e. The van der Waals surface area contributed by atoms with Gasteiger partial charge in [0.2, 0.25) is 0 Å². The van der Waals surface area contributed by atoms with Gasteiger partial charge < -0.3 is 10.2 Å². The maximum atomic E-state index is 4.96. The number of anilines is 2. The van der Waals surface area contributed by atoms with Gasteiger partial charge in [-0.3, -0.25) is 9.97 Å². The van der Waals surface area contributed by atoms with Crippen molar-refractivity contribution >= 4 is 22.5 Å². The number of aromatic nitrogens is 4. The Morgan fingerprint density at radius 1 is 1.00 bits per heavy atom. The standard InChI is InChI=1S/C21H18N6/c1-14(15-7-10-22-11-8-15)27-13-25-20-21(27)26-19(12-24-20)17-4-2-6-18-16(17)5-3-9-23-18/h2-12,14H,13H2,1H3,(H,24,25). The molecule has 0 spiro atoms. The first kappa shape index (κ1) is 15.7. The lowest BCUT2D eigenvalue weighted by molar-refractivity contribution is 0.703. The zero-order valence-corrected chi connectivity index (χ0v) is 14.9. The Hall–Kier alpha value is -3.54. The van der Waals surface area contributed by atoms with E-state index in [9.17, 15) is 0 Å². The molecule has 1 aliphatic rings. The Morgan fingerprint density at radius 2 is 1.89 bits per heavy atom. The van der Waals surface area contributed by atoms with Crippen LogP contribution in [0.2, 0.25) is 0 Å². The van der Waals surface area contributed by atoms with E-state index < -0.39 is 0 Å². The molecule has 1 atom stereocenters. The highest BCUT2D eigenvalue weighted by molar-refractivity contribution is 5.93. The fraction of sp³-hybridized carbons (Fsp3) is 0.143. The Bertz CT molecular complexity index is 1110. The molecule has 1 aromatic carbocycles. The quantitative estimate of drug-likeness (QED) is 0.599. The third kappa shape index (κ3) is 2.66. The smallest absolute Gasteiger partial charge is 0.174 e. The normalized spacial score (nSPS) is 14.0. The van der Waals surface area contributed by atoms with E-state index in [4.69, 9.17) is 4.98 Å². The van der Waals surface area contributed by atoms with Crippen LogP contribution in [0.25, 0.3) is 22.2 Å². The van der Waals surface area contributed by atoms with Crippen molar-refractivity contribution in [2.24, 2.45) is 0 Å². The summed E-state index contributed by atoms with van der Waals surface area (Å²) in [4.78, 5) is 20.4. The van der Waals surface area contributed by atoms with Crippen LogP contribution in [0, 0.1) is 0 Å². The number of nitrogens with zero attached hydrogens (tertiary/aromatic N) is 5. The minimum absolute atomic E-state index is 0.167. The average molecular weight is 354 g/mol. The summed E-state index contributed by atoms with van der Waals surface area (Å²) in [5.74, 6) is 1.69. The highest BCUT2D eigenvalue weighted by Gasteiger charge is 2.27. The Morgan fingerprint density at radius 3 is 2.78 bits per heavy atom. The van der Waals surface area contributed by atoms with E-state index in [0.717, 1.165) is 33.8 Å². The van der Waals surface area contributed by atoms with Crippen molar-refractivity contribution < 1.29 is 0 Å². The van der Waals surface area contributed by atoms with E-state index in [2.05, 4.69) is 44.2 Å². The van der Waals surface area contributed by atoms with Gasteiger partial charge in [0.15, 0.2) is 11.6 Å².